The molecule has 88 valence electrons. The van der Waals surface area contributed by atoms with Crippen molar-refractivity contribution in [3.05, 3.63) is 65.2 Å². The number of aryl methyl sites for hydroxylation is 1. The van der Waals surface area contributed by atoms with Gasteiger partial charge >= 0.3 is 0 Å². The van der Waals surface area contributed by atoms with E-state index in [1.165, 1.54) is 16.7 Å². The molecule has 2 unspecified atom stereocenters. The molecular weight excluding hydrogens is 227 g/mol. The third-order valence-electron chi connectivity index (χ3n) is 3.00. The number of benzene rings is 2. The summed E-state index contributed by atoms with van der Waals surface area (Å²) in [7, 11) is 4.60. The van der Waals surface area contributed by atoms with E-state index < -0.39 is 0 Å². The van der Waals surface area contributed by atoms with Crippen LogP contribution in [0.4, 0.5) is 0 Å². The first-order valence-electron chi connectivity index (χ1n) is 5.67. The second kappa shape index (κ2) is 5.33. The smallest absolute Gasteiger partial charge is 0.118 e. The van der Waals surface area contributed by atoms with Gasteiger partial charge in [0.2, 0.25) is 0 Å². The summed E-state index contributed by atoms with van der Waals surface area (Å²) in [6.07, 6.45) is 0. The second-order valence-electron chi connectivity index (χ2n) is 4.11. The molecule has 2 aromatic rings. The number of hydrogen-bond acceptors (Lipinski definition) is 1. The molecule has 0 heterocycles. The minimum absolute atomic E-state index is 0.335. The SMILES string of the molecule is COc1ccc(C(P)c2ccccc2C)cc1. The van der Waals surface area contributed by atoms with E-state index in [-0.39, 0.29) is 0 Å². The zero-order valence-electron chi connectivity index (χ0n) is 10.2. The molecule has 2 atom stereocenters. The second-order valence-corrected chi connectivity index (χ2v) is 4.77. The Labute approximate surface area is 105 Å². The fraction of sp³-hybridized carbons (Fsp3) is 0.200. The quantitative estimate of drug-likeness (QED) is 0.742. The van der Waals surface area contributed by atoms with Gasteiger partial charge in [-0.25, -0.2) is 0 Å². The van der Waals surface area contributed by atoms with Crippen LogP contribution >= 0.6 is 9.24 Å². The van der Waals surface area contributed by atoms with Crippen molar-refractivity contribution < 1.29 is 4.74 Å². The van der Waals surface area contributed by atoms with Gasteiger partial charge in [0.15, 0.2) is 0 Å². The monoisotopic (exact) mass is 244 g/mol. The topological polar surface area (TPSA) is 9.23 Å². The Morgan fingerprint density at radius 1 is 1.00 bits per heavy atom. The summed E-state index contributed by atoms with van der Waals surface area (Å²) >= 11 is 0. The molecule has 0 aliphatic heterocycles. The third kappa shape index (κ3) is 2.68. The average molecular weight is 244 g/mol. The van der Waals surface area contributed by atoms with Crippen molar-refractivity contribution in [2.75, 3.05) is 7.11 Å². The maximum atomic E-state index is 5.17. The van der Waals surface area contributed by atoms with Crippen LogP contribution in [0.25, 0.3) is 0 Å². The maximum absolute atomic E-state index is 5.17. The van der Waals surface area contributed by atoms with Gasteiger partial charge in [0, 0.05) is 5.66 Å². The van der Waals surface area contributed by atoms with E-state index in [2.05, 4.69) is 52.6 Å². The lowest BCUT2D eigenvalue weighted by Crippen LogP contribution is -1.95. The highest BCUT2D eigenvalue weighted by Gasteiger charge is 2.10. The molecule has 0 aliphatic carbocycles. The molecule has 0 saturated heterocycles. The van der Waals surface area contributed by atoms with Gasteiger partial charge in [-0.2, -0.15) is 0 Å². The molecule has 0 saturated carbocycles. The Bertz CT molecular complexity index is 491. The van der Waals surface area contributed by atoms with Gasteiger partial charge in [-0.15, -0.1) is 9.24 Å². The van der Waals surface area contributed by atoms with E-state index in [9.17, 15) is 0 Å². The Kier molecular flexibility index (Phi) is 3.81. The van der Waals surface area contributed by atoms with Crippen LogP contribution in [0.5, 0.6) is 5.75 Å². The number of hydrogen-bond donors (Lipinski definition) is 0. The van der Waals surface area contributed by atoms with Crippen LogP contribution in [-0.4, -0.2) is 7.11 Å². The molecule has 0 fully saturated rings. The van der Waals surface area contributed by atoms with E-state index in [1.807, 2.05) is 12.1 Å². The van der Waals surface area contributed by atoms with Gasteiger partial charge in [-0.3, -0.25) is 0 Å². The van der Waals surface area contributed by atoms with E-state index in [1.54, 1.807) is 7.11 Å². The Morgan fingerprint density at radius 2 is 1.65 bits per heavy atom. The number of rotatable bonds is 3. The van der Waals surface area contributed by atoms with Gasteiger partial charge in [-0.1, -0.05) is 36.4 Å². The molecule has 1 nitrogen and oxygen atoms in total. The van der Waals surface area contributed by atoms with E-state index in [0.717, 1.165) is 5.75 Å². The molecule has 0 spiro atoms. The molecule has 0 N–H and O–H groups in total. The Hall–Kier alpha value is -1.33. The molecule has 0 bridgehead atoms. The molecule has 0 aliphatic rings. The normalized spacial score (nSPS) is 12.2. The van der Waals surface area contributed by atoms with Crippen molar-refractivity contribution in [2.24, 2.45) is 0 Å². The Morgan fingerprint density at radius 3 is 2.24 bits per heavy atom. The summed E-state index contributed by atoms with van der Waals surface area (Å²) in [5.41, 5.74) is 4.29. The van der Waals surface area contributed by atoms with E-state index >= 15 is 0 Å². The van der Waals surface area contributed by atoms with Gasteiger partial charge in [0.1, 0.15) is 5.75 Å². The highest BCUT2D eigenvalue weighted by atomic mass is 31.0. The molecule has 0 radical (unpaired) electrons. The van der Waals surface area contributed by atoms with Crippen LogP contribution in [0.15, 0.2) is 48.5 Å². The molecule has 0 amide bonds. The lowest BCUT2D eigenvalue weighted by atomic mass is 10.00. The van der Waals surface area contributed by atoms with Crippen molar-refractivity contribution in [1.82, 2.24) is 0 Å². The Balaban J connectivity index is 2.30. The predicted molar refractivity (Wildman–Crippen MR) is 75.7 cm³/mol. The zero-order valence-corrected chi connectivity index (χ0v) is 11.3. The fourth-order valence-electron chi connectivity index (χ4n) is 1.93. The molecular formula is C15H17OP. The summed E-state index contributed by atoms with van der Waals surface area (Å²) in [6.45, 7) is 2.15. The van der Waals surface area contributed by atoms with Gasteiger partial charge in [0.25, 0.3) is 0 Å². The highest BCUT2D eigenvalue weighted by molar-refractivity contribution is 7.17. The predicted octanol–water partition coefficient (Wildman–Crippen LogP) is 3.97. The first-order chi connectivity index (χ1) is 8.22. The molecule has 2 rings (SSSR count). The van der Waals surface area contributed by atoms with Crippen LogP contribution < -0.4 is 4.74 Å². The lowest BCUT2D eigenvalue weighted by molar-refractivity contribution is 0.414. The first kappa shape index (κ1) is 12.1. The van der Waals surface area contributed by atoms with E-state index in [4.69, 9.17) is 4.74 Å². The van der Waals surface area contributed by atoms with Crippen molar-refractivity contribution in [1.29, 1.82) is 0 Å². The average Bonchev–Trinajstić information content (AvgIpc) is 2.39. The molecule has 2 aromatic carbocycles. The summed E-state index contributed by atoms with van der Waals surface area (Å²) in [4.78, 5) is 0. The number of ether oxygens (including phenoxy) is 1. The van der Waals surface area contributed by atoms with Crippen molar-refractivity contribution in [2.45, 2.75) is 12.6 Å². The van der Waals surface area contributed by atoms with Gasteiger partial charge < -0.3 is 4.74 Å². The van der Waals surface area contributed by atoms with Crippen molar-refractivity contribution in [3.63, 3.8) is 0 Å². The van der Waals surface area contributed by atoms with Crippen LogP contribution in [0, 0.1) is 6.92 Å². The zero-order chi connectivity index (χ0) is 12.3. The highest BCUT2D eigenvalue weighted by Crippen LogP contribution is 2.33. The van der Waals surface area contributed by atoms with Crippen LogP contribution in [0.2, 0.25) is 0 Å². The van der Waals surface area contributed by atoms with E-state index in [0.29, 0.717) is 5.66 Å². The molecule has 17 heavy (non-hydrogen) atoms. The lowest BCUT2D eigenvalue weighted by Gasteiger charge is -2.15. The van der Waals surface area contributed by atoms with Crippen LogP contribution in [-0.2, 0) is 0 Å². The van der Waals surface area contributed by atoms with Crippen molar-refractivity contribution in [3.8, 4) is 5.75 Å². The largest absolute Gasteiger partial charge is 0.497 e. The minimum atomic E-state index is 0.335. The maximum Gasteiger partial charge on any atom is 0.118 e. The number of methoxy groups -OCH3 is 1. The first-order valence-corrected chi connectivity index (χ1v) is 6.34. The van der Waals surface area contributed by atoms with Crippen molar-refractivity contribution >= 4 is 9.24 Å². The van der Waals surface area contributed by atoms with Crippen LogP contribution in [0.3, 0.4) is 0 Å². The van der Waals surface area contributed by atoms with Gasteiger partial charge in [-0.05, 0) is 35.7 Å². The molecule has 0 aromatic heterocycles. The van der Waals surface area contributed by atoms with Crippen LogP contribution in [0.1, 0.15) is 22.3 Å². The van der Waals surface area contributed by atoms with Gasteiger partial charge in [0.05, 0.1) is 7.11 Å². The summed E-state index contributed by atoms with van der Waals surface area (Å²) in [6, 6.07) is 16.7. The minimum Gasteiger partial charge on any atom is -0.497 e. The third-order valence-corrected chi connectivity index (χ3v) is 3.74. The summed E-state index contributed by atoms with van der Waals surface area (Å²) in [5.74, 6) is 0.899. The summed E-state index contributed by atoms with van der Waals surface area (Å²) in [5, 5.41) is 0. The summed E-state index contributed by atoms with van der Waals surface area (Å²) < 4.78 is 5.17. The fourth-order valence-corrected chi connectivity index (χ4v) is 2.52. The standard InChI is InChI=1S/C15H17OP/c1-11-5-3-4-6-14(11)15(17)12-7-9-13(16-2)10-8-12/h3-10,15H,17H2,1-2H3. The molecule has 2 heteroatoms.